The zero-order chi connectivity index (χ0) is 6.24. The van der Waals surface area contributed by atoms with E-state index >= 15 is 0 Å². The monoisotopic (exact) mass is 119 g/mol. The lowest BCUT2D eigenvalue weighted by Crippen LogP contribution is -2.00. The van der Waals surface area contributed by atoms with Gasteiger partial charge in [0.1, 0.15) is 0 Å². The van der Waals surface area contributed by atoms with E-state index in [-0.39, 0.29) is 0 Å². The smallest absolute Gasteiger partial charge is 0.169 e. The number of rotatable bonds is 0. The second-order valence-electron chi connectivity index (χ2n) is 1.24. The van der Waals surface area contributed by atoms with Crippen molar-refractivity contribution in [3.63, 3.8) is 0 Å². The third kappa shape index (κ3) is 3.59. The Morgan fingerprint density at radius 3 is 2.50 bits per heavy atom. The first-order valence-electron chi connectivity index (χ1n) is 2.48. The van der Waals surface area contributed by atoms with Crippen molar-refractivity contribution in [1.29, 1.82) is 0 Å². The van der Waals surface area contributed by atoms with Gasteiger partial charge in [-0.1, -0.05) is 0 Å². The molecule has 0 aromatic heterocycles. The van der Waals surface area contributed by atoms with Crippen molar-refractivity contribution in [3.05, 3.63) is 0 Å². The molecular weight excluding hydrogens is 109 g/mol. The molecule has 48 valence electrons. The lowest BCUT2D eigenvalue weighted by atomic mass is 10.4. The van der Waals surface area contributed by atoms with E-state index in [1.165, 1.54) is 6.40 Å². The fourth-order valence-corrected chi connectivity index (χ4v) is 0.397. The van der Waals surface area contributed by atoms with Crippen LogP contribution in [0.2, 0.25) is 0 Å². The highest BCUT2D eigenvalue weighted by atomic mass is 19.1. The van der Waals surface area contributed by atoms with Crippen LogP contribution in [0.15, 0.2) is 4.99 Å². The maximum atomic E-state index is 9.50. The van der Waals surface area contributed by atoms with Crippen molar-refractivity contribution in [2.45, 2.75) is 6.42 Å². The molecule has 3 heteroatoms. The molecule has 0 N–H and O–H groups in total. The van der Waals surface area contributed by atoms with Crippen LogP contribution in [0.25, 0.3) is 0 Å². The molecule has 0 saturated heterocycles. The highest BCUT2D eigenvalue weighted by Crippen LogP contribution is 1.86. The second kappa shape index (κ2) is 6.40. The molecule has 0 unspecified atom stereocenters. The quantitative estimate of drug-likeness (QED) is 0.466. The van der Waals surface area contributed by atoms with E-state index in [1.807, 2.05) is 0 Å². The van der Waals surface area contributed by atoms with Crippen molar-refractivity contribution in [1.82, 2.24) is 0 Å². The lowest BCUT2D eigenvalue weighted by molar-refractivity contribution is 0.298. The standard InChI is InChI=1S/C4H7NO.CH3F/c1-2-5-4-6-3-1;1-2/h4H,1-3H2;1H3. The zero-order valence-electron chi connectivity index (χ0n) is 4.93. The highest BCUT2D eigenvalue weighted by molar-refractivity contribution is 5.46. The summed E-state index contributed by atoms with van der Waals surface area (Å²) in [5, 5.41) is 0. The molecule has 1 heterocycles. The number of halogens is 1. The average Bonchev–Trinajstić information content (AvgIpc) is 1.96. The Balaban J connectivity index is 0.000000222. The number of alkyl halides is 1. The summed E-state index contributed by atoms with van der Waals surface area (Å²) in [5.41, 5.74) is 0. The van der Waals surface area contributed by atoms with E-state index in [0.29, 0.717) is 7.18 Å². The molecule has 8 heavy (non-hydrogen) atoms. The number of nitrogens with zero attached hydrogens (tertiary/aromatic N) is 1. The van der Waals surface area contributed by atoms with Gasteiger partial charge in [-0.2, -0.15) is 0 Å². The topological polar surface area (TPSA) is 21.6 Å². The molecule has 0 aromatic rings. The van der Waals surface area contributed by atoms with Gasteiger partial charge in [-0.05, 0) is 0 Å². The van der Waals surface area contributed by atoms with Gasteiger partial charge in [0.15, 0.2) is 6.40 Å². The summed E-state index contributed by atoms with van der Waals surface area (Å²) in [6, 6.07) is 0. The molecule has 0 aromatic carbocycles. The van der Waals surface area contributed by atoms with Crippen LogP contribution < -0.4 is 0 Å². The summed E-state index contributed by atoms with van der Waals surface area (Å²) in [6.45, 7) is 1.80. The second-order valence-corrected chi connectivity index (χ2v) is 1.24. The summed E-state index contributed by atoms with van der Waals surface area (Å²) in [6.07, 6.45) is 2.60. The van der Waals surface area contributed by atoms with Gasteiger partial charge in [0, 0.05) is 13.0 Å². The largest absolute Gasteiger partial charge is 0.483 e. The first-order valence-corrected chi connectivity index (χ1v) is 2.48. The minimum atomic E-state index is 0.500. The van der Waals surface area contributed by atoms with Crippen molar-refractivity contribution in [2.75, 3.05) is 20.3 Å². The Morgan fingerprint density at radius 2 is 2.38 bits per heavy atom. The number of aliphatic imine (C=N–C) groups is 1. The maximum absolute atomic E-state index is 9.50. The molecule has 0 fully saturated rings. The molecule has 0 bridgehead atoms. The van der Waals surface area contributed by atoms with Crippen LogP contribution in [-0.2, 0) is 4.74 Å². The van der Waals surface area contributed by atoms with Crippen LogP contribution in [-0.4, -0.2) is 26.7 Å². The molecule has 0 radical (unpaired) electrons. The molecule has 2 nitrogen and oxygen atoms in total. The Kier molecular flexibility index (Phi) is 5.92. The van der Waals surface area contributed by atoms with E-state index in [1.54, 1.807) is 0 Å². The minimum Gasteiger partial charge on any atom is -0.483 e. The van der Waals surface area contributed by atoms with Crippen LogP contribution in [0.5, 0.6) is 0 Å². The Labute approximate surface area is 48.4 Å². The van der Waals surface area contributed by atoms with Gasteiger partial charge in [-0.3, -0.25) is 9.38 Å². The van der Waals surface area contributed by atoms with Crippen molar-refractivity contribution in [3.8, 4) is 0 Å². The molecule has 0 spiro atoms. The molecule has 1 aliphatic rings. The molecule has 0 atom stereocenters. The van der Waals surface area contributed by atoms with Gasteiger partial charge in [0.25, 0.3) is 0 Å². The first kappa shape index (κ1) is 7.40. The van der Waals surface area contributed by atoms with Gasteiger partial charge in [0.05, 0.1) is 13.8 Å². The van der Waals surface area contributed by atoms with E-state index in [9.17, 15) is 4.39 Å². The van der Waals surface area contributed by atoms with Crippen LogP contribution in [0, 0.1) is 0 Å². The van der Waals surface area contributed by atoms with Crippen LogP contribution in [0.1, 0.15) is 6.42 Å². The molecule has 1 aliphatic heterocycles. The third-order valence-corrected chi connectivity index (χ3v) is 0.698. The Morgan fingerprint density at radius 1 is 1.62 bits per heavy atom. The van der Waals surface area contributed by atoms with Gasteiger partial charge >= 0.3 is 0 Å². The highest BCUT2D eigenvalue weighted by Gasteiger charge is 1.87. The van der Waals surface area contributed by atoms with E-state index in [4.69, 9.17) is 4.74 Å². The van der Waals surface area contributed by atoms with Crippen molar-refractivity contribution in [2.24, 2.45) is 4.99 Å². The fourth-order valence-electron chi connectivity index (χ4n) is 0.397. The predicted molar refractivity (Wildman–Crippen MR) is 31.0 cm³/mol. The van der Waals surface area contributed by atoms with Gasteiger partial charge in [-0.25, -0.2) is 0 Å². The van der Waals surface area contributed by atoms with Gasteiger partial charge < -0.3 is 4.74 Å². The molecule has 0 aliphatic carbocycles. The number of ether oxygens (including phenoxy) is 1. The third-order valence-electron chi connectivity index (χ3n) is 0.698. The number of hydrogen-bond donors (Lipinski definition) is 0. The minimum absolute atomic E-state index is 0.500. The molecule has 1 rings (SSSR count). The normalized spacial score (nSPS) is 15.8. The van der Waals surface area contributed by atoms with Crippen LogP contribution >= 0.6 is 0 Å². The SMILES string of the molecule is C1=NCCCO1.CF. The molecule has 0 amide bonds. The van der Waals surface area contributed by atoms with E-state index in [2.05, 4.69) is 4.99 Å². The van der Waals surface area contributed by atoms with Crippen LogP contribution in [0.4, 0.5) is 4.39 Å². The maximum Gasteiger partial charge on any atom is 0.169 e. The van der Waals surface area contributed by atoms with E-state index in [0.717, 1.165) is 19.6 Å². The summed E-state index contributed by atoms with van der Waals surface area (Å²) in [4.78, 5) is 3.83. The van der Waals surface area contributed by atoms with Gasteiger partial charge in [-0.15, -0.1) is 0 Å². The Bertz CT molecular complexity index is 57.4. The summed E-state index contributed by atoms with van der Waals surface area (Å²) >= 11 is 0. The summed E-state index contributed by atoms with van der Waals surface area (Å²) in [7, 11) is 0.500. The molecular formula is C5H10FNO. The molecule has 0 saturated carbocycles. The van der Waals surface area contributed by atoms with Gasteiger partial charge in [0.2, 0.25) is 0 Å². The lowest BCUT2D eigenvalue weighted by Gasteiger charge is -2.01. The van der Waals surface area contributed by atoms with Crippen molar-refractivity contribution < 1.29 is 9.13 Å². The first-order chi connectivity index (χ1) is 4.00. The van der Waals surface area contributed by atoms with Crippen LogP contribution in [0.3, 0.4) is 0 Å². The number of hydrogen-bond acceptors (Lipinski definition) is 2. The Hall–Kier alpha value is -0.600. The average molecular weight is 119 g/mol. The predicted octanol–water partition coefficient (Wildman–Crippen LogP) is 1.02. The fraction of sp³-hybridized carbons (Fsp3) is 0.800. The summed E-state index contributed by atoms with van der Waals surface area (Å²) in [5.74, 6) is 0. The van der Waals surface area contributed by atoms with Crippen molar-refractivity contribution >= 4 is 6.40 Å². The zero-order valence-corrected chi connectivity index (χ0v) is 4.93. The van der Waals surface area contributed by atoms with E-state index < -0.39 is 0 Å². The summed E-state index contributed by atoms with van der Waals surface area (Å²) < 4.78 is 14.3.